The van der Waals surface area contributed by atoms with Gasteiger partial charge in [-0.3, -0.25) is 9.59 Å². The van der Waals surface area contributed by atoms with Crippen molar-refractivity contribution >= 4 is 11.8 Å². The molecule has 0 saturated carbocycles. The summed E-state index contributed by atoms with van der Waals surface area (Å²) >= 11 is 0. The summed E-state index contributed by atoms with van der Waals surface area (Å²) in [5, 5.41) is 0. The summed E-state index contributed by atoms with van der Waals surface area (Å²) in [6.07, 6.45) is 0.828. The minimum atomic E-state index is -0.166. The largest absolute Gasteiger partial charge is 0.335 e. The molecule has 2 rings (SSSR count). The minimum absolute atomic E-state index is 0.0939. The van der Waals surface area contributed by atoms with Crippen LogP contribution in [0.2, 0.25) is 0 Å². The number of carbonyl (C=O) groups excluding carboxylic acids is 2. The van der Waals surface area contributed by atoms with E-state index in [1.54, 1.807) is 11.9 Å². The van der Waals surface area contributed by atoms with Crippen molar-refractivity contribution in [1.29, 1.82) is 0 Å². The molecule has 2 atom stereocenters. The van der Waals surface area contributed by atoms with Crippen LogP contribution in [0.3, 0.4) is 0 Å². The quantitative estimate of drug-likeness (QED) is 0.516. The Balaban J connectivity index is 2.23. The highest BCUT2D eigenvalue weighted by Gasteiger charge is 2.42. The Bertz CT molecular complexity index is 264. The second-order valence-electron chi connectivity index (χ2n) is 4.10. The maximum absolute atomic E-state index is 11.6. The molecule has 0 aromatic heterocycles. The molecule has 0 aromatic carbocycles. The predicted octanol–water partition coefficient (Wildman–Crippen LogP) is -0.305. The molecule has 2 amide bonds. The summed E-state index contributed by atoms with van der Waals surface area (Å²) < 4.78 is 0. The van der Waals surface area contributed by atoms with Crippen LogP contribution < -0.4 is 0 Å². The first-order valence-electron chi connectivity index (χ1n) is 4.64. The summed E-state index contributed by atoms with van der Waals surface area (Å²) in [5.74, 6) is 0.657. The number of hydrogen-bond acceptors (Lipinski definition) is 2. The van der Waals surface area contributed by atoms with Crippen LogP contribution in [0.5, 0.6) is 0 Å². The van der Waals surface area contributed by atoms with Gasteiger partial charge in [0.25, 0.3) is 0 Å². The third kappa shape index (κ3) is 1.20. The fourth-order valence-electron chi connectivity index (χ4n) is 2.18. The molecule has 4 nitrogen and oxygen atoms in total. The molecule has 0 aromatic rings. The number of hydrogen-bond donors (Lipinski definition) is 0. The summed E-state index contributed by atoms with van der Waals surface area (Å²) in [4.78, 5) is 26.4. The second kappa shape index (κ2) is 2.72. The maximum Gasteiger partial charge on any atom is 0.245 e. The molecular weight excluding hydrogens is 168 g/mol. The third-order valence-corrected chi connectivity index (χ3v) is 2.86. The number of amides is 2. The molecule has 0 spiro atoms. The number of likely N-dealkylation sites (N-methyl/N-ethyl adjacent to an activating group) is 1. The lowest BCUT2D eigenvalue weighted by molar-refractivity contribution is -0.152. The van der Waals surface area contributed by atoms with E-state index in [1.807, 2.05) is 0 Å². The van der Waals surface area contributed by atoms with Gasteiger partial charge in [0.05, 0.1) is 6.54 Å². The highest BCUT2D eigenvalue weighted by atomic mass is 16.2. The maximum atomic E-state index is 11.6. The van der Waals surface area contributed by atoms with Crippen LogP contribution in [-0.2, 0) is 9.59 Å². The number of piperazine rings is 1. The van der Waals surface area contributed by atoms with Crippen LogP contribution >= 0.6 is 0 Å². The van der Waals surface area contributed by atoms with Crippen molar-refractivity contribution in [3.63, 3.8) is 0 Å². The number of carbonyl (C=O) groups is 2. The smallest absolute Gasteiger partial charge is 0.245 e. The number of fused-ring (bicyclic) bond motifs is 1. The SMILES string of the molecule is CC1C[C@H]2C(=O)N(C)CC(=O)N2C1. The van der Waals surface area contributed by atoms with Crippen LogP contribution in [0, 0.1) is 5.92 Å². The van der Waals surface area contributed by atoms with Crippen molar-refractivity contribution in [2.45, 2.75) is 19.4 Å². The first kappa shape index (κ1) is 8.53. The summed E-state index contributed by atoms with van der Waals surface area (Å²) in [6.45, 7) is 3.09. The van der Waals surface area contributed by atoms with Crippen molar-refractivity contribution in [2.24, 2.45) is 5.92 Å². The number of rotatable bonds is 0. The summed E-state index contributed by atoms with van der Waals surface area (Å²) in [5.41, 5.74) is 0. The van der Waals surface area contributed by atoms with Gasteiger partial charge in [0.1, 0.15) is 6.04 Å². The monoisotopic (exact) mass is 182 g/mol. The van der Waals surface area contributed by atoms with E-state index in [9.17, 15) is 9.59 Å². The Morgan fingerprint density at radius 1 is 1.38 bits per heavy atom. The fourth-order valence-corrected chi connectivity index (χ4v) is 2.18. The molecule has 13 heavy (non-hydrogen) atoms. The van der Waals surface area contributed by atoms with Crippen LogP contribution in [0.15, 0.2) is 0 Å². The second-order valence-corrected chi connectivity index (χ2v) is 4.10. The zero-order valence-corrected chi connectivity index (χ0v) is 7.99. The topological polar surface area (TPSA) is 40.6 Å². The van der Waals surface area contributed by atoms with Crippen LogP contribution in [-0.4, -0.2) is 47.8 Å². The van der Waals surface area contributed by atoms with Gasteiger partial charge in [0.2, 0.25) is 11.8 Å². The highest BCUT2D eigenvalue weighted by molar-refractivity contribution is 5.95. The molecule has 4 heteroatoms. The molecule has 1 unspecified atom stereocenters. The third-order valence-electron chi connectivity index (χ3n) is 2.86. The van der Waals surface area contributed by atoms with E-state index in [0.29, 0.717) is 5.92 Å². The van der Waals surface area contributed by atoms with Gasteiger partial charge in [-0.25, -0.2) is 0 Å². The standard InChI is InChI=1S/C9H14N2O2/c1-6-3-7-9(13)10(2)5-8(12)11(7)4-6/h6-7H,3-5H2,1-2H3/t6?,7-/m0/s1. The molecule has 0 bridgehead atoms. The average Bonchev–Trinajstić information content (AvgIpc) is 2.44. The first-order chi connectivity index (χ1) is 6.09. The van der Waals surface area contributed by atoms with Gasteiger partial charge >= 0.3 is 0 Å². The molecule has 2 aliphatic rings. The highest BCUT2D eigenvalue weighted by Crippen LogP contribution is 2.26. The van der Waals surface area contributed by atoms with Gasteiger partial charge < -0.3 is 9.80 Å². The lowest BCUT2D eigenvalue weighted by atomic mass is 10.1. The molecule has 0 radical (unpaired) electrons. The van der Waals surface area contributed by atoms with Crippen LogP contribution in [0.25, 0.3) is 0 Å². The lowest BCUT2D eigenvalue weighted by Crippen LogP contribution is -2.55. The van der Waals surface area contributed by atoms with Crippen molar-refractivity contribution in [3.05, 3.63) is 0 Å². The molecule has 2 saturated heterocycles. The predicted molar refractivity (Wildman–Crippen MR) is 46.9 cm³/mol. The van der Waals surface area contributed by atoms with Crippen molar-refractivity contribution in [1.82, 2.24) is 9.80 Å². The van der Waals surface area contributed by atoms with Crippen molar-refractivity contribution in [2.75, 3.05) is 20.1 Å². The van der Waals surface area contributed by atoms with E-state index >= 15 is 0 Å². The van der Waals surface area contributed by atoms with Gasteiger partial charge in [-0.15, -0.1) is 0 Å². The Hall–Kier alpha value is -1.06. The Morgan fingerprint density at radius 2 is 2.08 bits per heavy atom. The normalized spacial score (nSPS) is 34.0. The molecule has 72 valence electrons. The molecule has 0 N–H and O–H groups in total. The van der Waals surface area contributed by atoms with E-state index in [1.165, 1.54) is 4.90 Å². The van der Waals surface area contributed by atoms with E-state index in [4.69, 9.17) is 0 Å². The van der Waals surface area contributed by atoms with Crippen molar-refractivity contribution < 1.29 is 9.59 Å². The molecule has 2 heterocycles. The first-order valence-corrected chi connectivity index (χ1v) is 4.64. The zero-order chi connectivity index (χ0) is 9.59. The molecule has 0 aliphatic carbocycles. The Labute approximate surface area is 77.5 Å². The van der Waals surface area contributed by atoms with Gasteiger partial charge in [0, 0.05) is 13.6 Å². The minimum Gasteiger partial charge on any atom is -0.335 e. The zero-order valence-electron chi connectivity index (χ0n) is 7.99. The number of nitrogens with zero attached hydrogens (tertiary/aromatic N) is 2. The molecule has 2 fully saturated rings. The Morgan fingerprint density at radius 3 is 2.77 bits per heavy atom. The van der Waals surface area contributed by atoms with Gasteiger partial charge in [0.15, 0.2) is 0 Å². The molecular formula is C9H14N2O2. The average molecular weight is 182 g/mol. The van der Waals surface area contributed by atoms with Gasteiger partial charge in [-0.2, -0.15) is 0 Å². The Kier molecular flexibility index (Phi) is 1.78. The van der Waals surface area contributed by atoms with E-state index in [0.717, 1.165) is 13.0 Å². The summed E-state index contributed by atoms with van der Waals surface area (Å²) in [6, 6.07) is -0.166. The van der Waals surface area contributed by atoms with Gasteiger partial charge in [-0.05, 0) is 12.3 Å². The fraction of sp³-hybridized carbons (Fsp3) is 0.778. The van der Waals surface area contributed by atoms with Gasteiger partial charge in [-0.1, -0.05) is 6.92 Å². The van der Waals surface area contributed by atoms with Crippen LogP contribution in [0.1, 0.15) is 13.3 Å². The molecule has 2 aliphatic heterocycles. The van der Waals surface area contributed by atoms with E-state index < -0.39 is 0 Å². The van der Waals surface area contributed by atoms with E-state index in [-0.39, 0.29) is 24.4 Å². The van der Waals surface area contributed by atoms with E-state index in [2.05, 4.69) is 6.92 Å². The van der Waals surface area contributed by atoms with Crippen LogP contribution in [0.4, 0.5) is 0 Å². The van der Waals surface area contributed by atoms with Crippen molar-refractivity contribution in [3.8, 4) is 0 Å². The lowest BCUT2D eigenvalue weighted by Gasteiger charge is -2.34. The summed E-state index contributed by atoms with van der Waals surface area (Å²) in [7, 11) is 1.70.